The lowest BCUT2D eigenvalue weighted by Gasteiger charge is -2.04. The summed E-state index contributed by atoms with van der Waals surface area (Å²) in [6.45, 7) is 1.82. The van der Waals surface area contributed by atoms with Gasteiger partial charge in [-0.2, -0.15) is 5.10 Å². The number of phenols is 1. The maximum absolute atomic E-state index is 11.9. The van der Waals surface area contributed by atoms with E-state index < -0.39 is 5.91 Å². The van der Waals surface area contributed by atoms with Crippen molar-refractivity contribution in [2.75, 3.05) is 0 Å². The molecule has 0 radical (unpaired) electrons. The summed E-state index contributed by atoms with van der Waals surface area (Å²) < 4.78 is 0. The van der Waals surface area contributed by atoms with E-state index in [1.165, 1.54) is 18.3 Å². The van der Waals surface area contributed by atoms with Crippen LogP contribution in [0.3, 0.4) is 0 Å². The quantitative estimate of drug-likeness (QED) is 0.667. The first-order valence-corrected chi connectivity index (χ1v) is 6.81. The first-order valence-electron chi connectivity index (χ1n) is 6.05. The molecule has 108 valence electrons. The fraction of sp³-hybridized carbons (Fsp3) is 0.0667. The molecule has 21 heavy (non-hydrogen) atoms. The molecule has 0 heterocycles. The van der Waals surface area contributed by atoms with E-state index in [1.807, 2.05) is 6.92 Å². The van der Waals surface area contributed by atoms with Crippen molar-refractivity contribution in [3.8, 4) is 5.75 Å². The van der Waals surface area contributed by atoms with Crippen LogP contribution >= 0.6 is 23.2 Å². The zero-order chi connectivity index (χ0) is 15.4. The Bertz CT molecular complexity index is 715. The molecule has 0 bridgehead atoms. The fourth-order valence-corrected chi connectivity index (χ4v) is 2.12. The molecule has 0 spiro atoms. The average Bonchev–Trinajstić information content (AvgIpc) is 2.41. The highest BCUT2D eigenvalue weighted by Crippen LogP contribution is 2.20. The molecule has 0 aliphatic rings. The van der Waals surface area contributed by atoms with Crippen molar-refractivity contribution < 1.29 is 9.90 Å². The van der Waals surface area contributed by atoms with Gasteiger partial charge in [0.05, 0.1) is 16.8 Å². The lowest BCUT2D eigenvalue weighted by Crippen LogP contribution is -2.17. The Morgan fingerprint density at radius 2 is 2.00 bits per heavy atom. The molecule has 2 rings (SSSR count). The van der Waals surface area contributed by atoms with Crippen LogP contribution in [0.4, 0.5) is 0 Å². The zero-order valence-corrected chi connectivity index (χ0v) is 12.6. The van der Waals surface area contributed by atoms with Gasteiger partial charge in [0.2, 0.25) is 0 Å². The van der Waals surface area contributed by atoms with Crippen LogP contribution in [0.25, 0.3) is 0 Å². The van der Waals surface area contributed by atoms with Crippen LogP contribution in [-0.4, -0.2) is 17.2 Å². The molecule has 4 nitrogen and oxygen atoms in total. The minimum Gasteiger partial charge on any atom is -0.507 e. The molecule has 0 aliphatic carbocycles. The van der Waals surface area contributed by atoms with Crippen LogP contribution in [0.2, 0.25) is 10.0 Å². The number of rotatable bonds is 3. The van der Waals surface area contributed by atoms with Gasteiger partial charge in [-0.15, -0.1) is 0 Å². The molecule has 0 fully saturated rings. The summed E-state index contributed by atoms with van der Waals surface area (Å²) in [5.41, 5.74) is 3.96. The SMILES string of the molecule is Cc1ccc(C(=O)N/N=C/c2ccc(Cl)cc2Cl)c(O)c1. The van der Waals surface area contributed by atoms with Gasteiger partial charge in [0, 0.05) is 10.6 Å². The number of aryl methyl sites for hydroxylation is 1. The second-order valence-electron chi connectivity index (χ2n) is 4.39. The highest BCUT2D eigenvalue weighted by Gasteiger charge is 2.09. The van der Waals surface area contributed by atoms with Gasteiger partial charge in [-0.1, -0.05) is 35.3 Å². The van der Waals surface area contributed by atoms with Crippen LogP contribution < -0.4 is 5.43 Å². The number of amides is 1. The Labute approximate surface area is 132 Å². The van der Waals surface area contributed by atoms with Gasteiger partial charge in [0.1, 0.15) is 5.75 Å². The van der Waals surface area contributed by atoms with Gasteiger partial charge in [-0.25, -0.2) is 5.43 Å². The zero-order valence-electron chi connectivity index (χ0n) is 11.1. The van der Waals surface area contributed by atoms with E-state index in [4.69, 9.17) is 23.2 Å². The molecule has 1 amide bonds. The van der Waals surface area contributed by atoms with Gasteiger partial charge in [-0.05, 0) is 36.8 Å². The third kappa shape index (κ3) is 3.97. The van der Waals surface area contributed by atoms with Gasteiger partial charge in [-0.3, -0.25) is 4.79 Å². The van der Waals surface area contributed by atoms with Gasteiger partial charge in [0.25, 0.3) is 5.91 Å². The number of nitrogens with zero attached hydrogens (tertiary/aromatic N) is 1. The van der Waals surface area contributed by atoms with Crippen LogP contribution in [0.1, 0.15) is 21.5 Å². The third-order valence-corrected chi connectivity index (χ3v) is 3.29. The van der Waals surface area contributed by atoms with Crippen molar-refractivity contribution in [3.05, 3.63) is 63.1 Å². The largest absolute Gasteiger partial charge is 0.507 e. The van der Waals surface area contributed by atoms with E-state index >= 15 is 0 Å². The van der Waals surface area contributed by atoms with Crippen molar-refractivity contribution in [1.82, 2.24) is 5.43 Å². The van der Waals surface area contributed by atoms with Crippen LogP contribution in [0.5, 0.6) is 5.75 Å². The number of hydrazone groups is 1. The Morgan fingerprint density at radius 3 is 2.67 bits per heavy atom. The predicted octanol–water partition coefficient (Wildman–Crippen LogP) is 3.77. The third-order valence-electron chi connectivity index (χ3n) is 2.73. The number of hydrogen-bond acceptors (Lipinski definition) is 3. The summed E-state index contributed by atoms with van der Waals surface area (Å²) in [6.07, 6.45) is 1.40. The smallest absolute Gasteiger partial charge is 0.275 e. The maximum atomic E-state index is 11.9. The monoisotopic (exact) mass is 322 g/mol. The Balaban J connectivity index is 2.08. The molecule has 6 heteroatoms. The summed E-state index contributed by atoms with van der Waals surface area (Å²) >= 11 is 11.8. The normalized spacial score (nSPS) is 10.8. The van der Waals surface area contributed by atoms with E-state index in [1.54, 1.807) is 24.3 Å². The first kappa shape index (κ1) is 15.4. The van der Waals surface area contributed by atoms with Crippen molar-refractivity contribution in [1.29, 1.82) is 0 Å². The number of hydrogen-bond donors (Lipinski definition) is 2. The van der Waals surface area contributed by atoms with Crippen molar-refractivity contribution in [3.63, 3.8) is 0 Å². The number of aromatic hydroxyl groups is 1. The molecule has 0 unspecified atom stereocenters. The highest BCUT2D eigenvalue weighted by molar-refractivity contribution is 6.36. The predicted molar refractivity (Wildman–Crippen MR) is 84.4 cm³/mol. The summed E-state index contributed by atoms with van der Waals surface area (Å²) in [7, 11) is 0. The number of phenolic OH excluding ortho intramolecular Hbond substituents is 1. The van der Waals surface area contributed by atoms with E-state index in [0.29, 0.717) is 15.6 Å². The molecule has 2 aromatic carbocycles. The minimum atomic E-state index is -0.506. The first-order chi connectivity index (χ1) is 9.97. The molecular formula is C15H12Cl2N2O2. The Hall–Kier alpha value is -2.04. The molecule has 0 atom stereocenters. The number of carbonyl (C=O) groups is 1. The molecule has 0 aromatic heterocycles. The Morgan fingerprint density at radius 1 is 1.24 bits per heavy atom. The standard InChI is InChI=1S/C15H12Cl2N2O2/c1-9-2-5-12(14(20)6-9)15(21)19-18-8-10-3-4-11(16)7-13(10)17/h2-8,20H,1H3,(H,19,21)/b18-8+. The Kier molecular flexibility index (Phi) is 4.83. The topological polar surface area (TPSA) is 61.7 Å². The van der Waals surface area contributed by atoms with Gasteiger partial charge < -0.3 is 5.11 Å². The van der Waals surface area contributed by atoms with Crippen molar-refractivity contribution in [2.45, 2.75) is 6.92 Å². The van der Waals surface area contributed by atoms with Crippen LogP contribution in [0.15, 0.2) is 41.5 Å². The van der Waals surface area contributed by atoms with E-state index in [-0.39, 0.29) is 11.3 Å². The lowest BCUT2D eigenvalue weighted by molar-refractivity contribution is 0.0952. The molecular weight excluding hydrogens is 311 g/mol. The van der Waals surface area contributed by atoms with E-state index in [0.717, 1.165) is 5.56 Å². The van der Waals surface area contributed by atoms with Gasteiger partial charge in [0.15, 0.2) is 0 Å². The highest BCUT2D eigenvalue weighted by atomic mass is 35.5. The summed E-state index contributed by atoms with van der Waals surface area (Å²) in [5, 5.41) is 14.5. The van der Waals surface area contributed by atoms with E-state index in [2.05, 4.69) is 10.5 Å². The van der Waals surface area contributed by atoms with Crippen molar-refractivity contribution >= 4 is 35.3 Å². The molecule has 0 aliphatic heterocycles. The molecule has 0 saturated carbocycles. The minimum absolute atomic E-state index is 0.0905. The lowest BCUT2D eigenvalue weighted by atomic mass is 10.1. The summed E-state index contributed by atoms with van der Waals surface area (Å²) in [5.74, 6) is -0.596. The average molecular weight is 323 g/mol. The van der Waals surface area contributed by atoms with Crippen LogP contribution in [-0.2, 0) is 0 Å². The maximum Gasteiger partial charge on any atom is 0.275 e. The molecule has 2 aromatic rings. The molecule has 0 saturated heterocycles. The molecule has 2 N–H and O–H groups in total. The second-order valence-corrected chi connectivity index (χ2v) is 5.23. The fourth-order valence-electron chi connectivity index (χ4n) is 1.66. The number of nitrogens with one attached hydrogen (secondary N) is 1. The summed E-state index contributed by atoms with van der Waals surface area (Å²) in [4.78, 5) is 11.9. The number of halogens is 2. The van der Waals surface area contributed by atoms with Crippen LogP contribution in [0, 0.1) is 6.92 Å². The van der Waals surface area contributed by atoms with Crippen molar-refractivity contribution in [2.24, 2.45) is 5.10 Å². The summed E-state index contributed by atoms with van der Waals surface area (Å²) in [6, 6.07) is 9.71. The number of carbonyl (C=O) groups excluding carboxylic acids is 1. The van der Waals surface area contributed by atoms with Gasteiger partial charge >= 0.3 is 0 Å². The number of benzene rings is 2. The second kappa shape index (κ2) is 6.61. The van der Waals surface area contributed by atoms with E-state index in [9.17, 15) is 9.90 Å².